The molecule has 0 aliphatic rings. The number of nitriles is 1. The van der Waals surface area contributed by atoms with E-state index in [9.17, 15) is 0 Å². The third kappa shape index (κ3) is 1.94. The molecule has 0 bridgehead atoms. The predicted octanol–water partition coefficient (Wildman–Crippen LogP) is 2.33. The van der Waals surface area contributed by atoms with Gasteiger partial charge >= 0.3 is 0 Å². The highest BCUT2D eigenvalue weighted by Gasteiger charge is 2.00. The molecule has 3 heteroatoms. The largest absolute Gasteiger partial charge is 0.508 e. The van der Waals surface area contributed by atoms with Gasteiger partial charge in [-0.2, -0.15) is 5.26 Å². The van der Waals surface area contributed by atoms with Gasteiger partial charge in [0.25, 0.3) is 0 Å². The third-order valence-corrected chi connectivity index (χ3v) is 2.05. The van der Waals surface area contributed by atoms with Gasteiger partial charge in [0.2, 0.25) is 0 Å². The van der Waals surface area contributed by atoms with Crippen LogP contribution in [0.3, 0.4) is 0 Å². The van der Waals surface area contributed by atoms with Crippen molar-refractivity contribution in [3.05, 3.63) is 48.2 Å². The summed E-state index contributed by atoms with van der Waals surface area (Å²) in [6, 6.07) is 12.1. The van der Waals surface area contributed by atoms with Crippen LogP contribution in [0.1, 0.15) is 5.56 Å². The molecule has 0 aliphatic carbocycles. The van der Waals surface area contributed by atoms with Crippen LogP contribution in [-0.4, -0.2) is 10.1 Å². The second kappa shape index (κ2) is 3.81. The Balaban J connectivity index is 2.46. The molecule has 0 unspecified atom stereocenters. The van der Waals surface area contributed by atoms with Crippen LogP contribution in [0.15, 0.2) is 42.6 Å². The van der Waals surface area contributed by atoms with Gasteiger partial charge in [-0.1, -0.05) is 0 Å². The standard InChI is InChI=1S/C12H8N2O/c13-8-9-5-6-14-12(7-9)10-1-3-11(15)4-2-10/h1-7,15H. The Labute approximate surface area is 87.3 Å². The number of aromatic nitrogens is 1. The Morgan fingerprint density at radius 2 is 1.87 bits per heavy atom. The van der Waals surface area contributed by atoms with Crippen molar-refractivity contribution in [2.24, 2.45) is 0 Å². The van der Waals surface area contributed by atoms with Gasteiger partial charge in [-0.3, -0.25) is 4.98 Å². The Morgan fingerprint density at radius 1 is 1.13 bits per heavy atom. The molecule has 2 aromatic rings. The number of hydrogen-bond donors (Lipinski definition) is 1. The van der Waals surface area contributed by atoms with Gasteiger partial charge in [0.1, 0.15) is 5.75 Å². The molecule has 0 amide bonds. The molecule has 1 aromatic heterocycles. The van der Waals surface area contributed by atoms with Gasteiger partial charge in [0.05, 0.1) is 17.3 Å². The minimum Gasteiger partial charge on any atom is -0.508 e. The maximum Gasteiger partial charge on any atom is 0.115 e. The number of benzene rings is 1. The van der Waals surface area contributed by atoms with E-state index in [4.69, 9.17) is 10.4 Å². The van der Waals surface area contributed by atoms with Gasteiger partial charge in [0, 0.05) is 11.8 Å². The average Bonchev–Trinajstić information content (AvgIpc) is 2.30. The topological polar surface area (TPSA) is 56.9 Å². The van der Waals surface area contributed by atoms with E-state index in [1.165, 1.54) is 0 Å². The predicted molar refractivity (Wildman–Crippen MR) is 56.1 cm³/mol. The first-order valence-corrected chi connectivity index (χ1v) is 4.45. The van der Waals surface area contributed by atoms with E-state index in [-0.39, 0.29) is 5.75 Å². The first-order valence-electron chi connectivity index (χ1n) is 4.45. The molecule has 72 valence electrons. The van der Waals surface area contributed by atoms with Crippen molar-refractivity contribution in [2.75, 3.05) is 0 Å². The third-order valence-electron chi connectivity index (χ3n) is 2.05. The van der Waals surface area contributed by atoms with E-state index in [1.807, 2.05) is 0 Å². The van der Waals surface area contributed by atoms with E-state index in [0.29, 0.717) is 5.56 Å². The van der Waals surface area contributed by atoms with E-state index < -0.39 is 0 Å². The lowest BCUT2D eigenvalue weighted by molar-refractivity contribution is 0.475. The number of rotatable bonds is 1. The number of nitrogens with zero attached hydrogens (tertiary/aromatic N) is 2. The van der Waals surface area contributed by atoms with Crippen LogP contribution in [0.5, 0.6) is 5.75 Å². The van der Waals surface area contributed by atoms with E-state index in [0.717, 1.165) is 11.3 Å². The smallest absolute Gasteiger partial charge is 0.115 e. The summed E-state index contributed by atoms with van der Waals surface area (Å²) in [7, 11) is 0. The van der Waals surface area contributed by atoms with Crippen LogP contribution < -0.4 is 0 Å². The SMILES string of the molecule is N#Cc1ccnc(-c2ccc(O)cc2)c1. The molecule has 0 saturated carbocycles. The number of phenolic OH excluding ortho intramolecular Hbond substituents is 1. The van der Waals surface area contributed by atoms with Gasteiger partial charge in [-0.25, -0.2) is 0 Å². The number of phenols is 1. The normalized spacial score (nSPS) is 9.53. The Hall–Kier alpha value is -2.34. The second-order valence-corrected chi connectivity index (χ2v) is 3.09. The Morgan fingerprint density at radius 3 is 2.53 bits per heavy atom. The van der Waals surface area contributed by atoms with E-state index in [1.54, 1.807) is 42.6 Å². The fourth-order valence-corrected chi connectivity index (χ4v) is 1.29. The van der Waals surface area contributed by atoms with Crippen LogP contribution in [0.25, 0.3) is 11.3 Å². The maximum atomic E-state index is 9.13. The summed E-state index contributed by atoms with van der Waals surface area (Å²) in [6.45, 7) is 0. The van der Waals surface area contributed by atoms with Crippen LogP contribution >= 0.6 is 0 Å². The summed E-state index contributed by atoms with van der Waals surface area (Å²) in [4.78, 5) is 4.15. The lowest BCUT2D eigenvalue weighted by Crippen LogP contribution is -1.84. The van der Waals surface area contributed by atoms with Crippen LogP contribution in [0.4, 0.5) is 0 Å². The first kappa shape index (κ1) is 9.22. The molecule has 1 N–H and O–H groups in total. The summed E-state index contributed by atoms with van der Waals surface area (Å²) >= 11 is 0. The molecule has 0 radical (unpaired) electrons. The van der Waals surface area contributed by atoms with Crippen molar-refractivity contribution in [1.29, 1.82) is 5.26 Å². The maximum absolute atomic E-state index is 9.13. The highest BCUT2D eigenvalue weighted by atomic mass is 16.3. The molecule has 0 atom stereocenters. The summed E-state index contributed by atoms with van der Waals surface area (Å²) in [6.07, 6.45) is 1.60. The fraction of sp³-hybridized carbons (Fsp3) is 0. The van der Waals surface area contributed by atoms with Crippen molar-refractivity contribution < 1.29 is 5.11 Å². The molecular formula is C12H8N2O. The molecule has 3 nitrogen and oxygen atoms in total. The summed E-state index contributed by atoms with van der Waals surface area (Å²) in [5, 5.41) is 17.9. The van der Waals surface area contributed by atoms with E-state index in [2.05, 4.69) is 11.1 Å². The molecule has 0 aliphatic heterocycles. The number of hydrogen-bond acceptors (Lipinski definition) is 3. The van der Waals surface area contributed by atoms with Crippen molar-refractivity contribution in [3.8, 4) is 23.1 Å². The van der Waals surface area contributed by atoms with Crippen LogP contribution in [0, 0.1) is 11.3 Å². The van der Waals surface area contributed by atoms with Gasteiger partial charge < -0.3 is 5.11 Å². The molecule has 0 spiro atoms. The fourth-order valence-electron chi connectivity index (χ4n) is 1.29. The zero-order chi connectivity index (χ0) is 10.7. The van der Waals surface area contributed by atoms with Gasteiger partial charge in [-0.15, -0.1) is 0 Å². The Bertz CT molecular complexity index is 512. The minimum absolute atomic E-state index is 0.218. The summed E-state index contributed by atoms with van der Waals surface area (Å²) in [5.74, 6) is 0.218. The van der Waals surface area contributed by atoms with Gasteiger partial charge in [-0.05, 0) is 36.4 Å². The average molecular weight is 196 g/mol. The molecule has 15 heavy (non-hydrogen) atoms. The van der Waals surface area contributed by atoms with Crippen LogP contribution in [0.2, 0.25) is 0 Å². The lowest BCUT2D eigenvalue weighted by Gasteiger charge is -2.00. The lowest BCUT2D eigenvalue weighted by atomic mass is 10.1. The Kier molecular flexibility index (Phi) is 2.34. The summed E-state index contributed by atoms with van der Waals surface area (Å²) < 4.78 is 0. The monoisotopic (exact) mass is 196 g/mol. The molecule has 0 fully saturated rings. The van der Waals surface area contributed by atoms with Crippen molar-refractivity contribution in [2.45, 2.75) is 0 Å². The van der Waals surface area contributed by atoms with E-state index >= 15 is 0 Å². The highest BCUT2D eigenvalue weighted by molar-refractivity contribution is 5.61. The van der Waals surface area contributed by atoms with Crippen molar-refractivity contribution in [3.63, 3.8) is 0 Å². The molecule has 1 aromatic carbocycles. The molecule has 0 saturated heterocycles. The summed E-state index contributed by atoms with van der Waals surface area (Å²) in [5.41, 5.74) is 2.19. The zero-order valence-corrected chi connectivity index (χ0v) is 7.88. The quantitative estimate of drug-likeness (QED) is 0.761. The first-order chi connectivity index (χ1) is 7.29. The zero-order valence-electron chi connectivity index (χ0n) is 7.88. The number of aromatic hydroxyl groups is 1. The van der Waals surface area contributed by atoms with Crippen LogP contribution in [-0.2, 0) is 0 Å². The molecule has 2 rings (SSSR count). The number of pyridine rings is 1. The molecular weight excluding hydrogens is 188 g/mol. The second-order valence-electron chi connectivity index (χ2n) is 3.09. The van der Waals surface area contributed by atoms with Crippen molar-refractivity contribution in [1.82, 2.24) is 4.98 Å². The van der Waals surface area contributed by atoms with Gasteiger partial charge in [0.15, 0.2) is 0 Å². The van der Waals surface area contributed by atoms with Crippen molar-refractivity contribution >= 4 is 0 Å². The highest BCUT2D eigenvalue weighted by Crippen LogP contribution is 2.20. The molecule has 1 heterocycles. The minimum atomic E-state index is 0.218.